The summed E-state index contributed by atoms with van der Waals surface area (Å²) >= 11 is 1.04. The number of thiazole rings is 1. The van der Waals surface area contributed by atoms with Crippen LogP contribution in [0.5, 0.6) is 0 Å². The van der Waals surface area contributed by atoms with E-state index < -0.39 is 16.1 Å². The van der Waals surface area contributed by atoms with Gasteiger partial charge in [0.25, 0.3) is 0 Å². The molecule has 29 heavy (non-hydrogen) atoms. The van der Waals surface area contributed by atoms with E-state index in [1.165, 1.54) is 10.6 Å². The zero-order chi connectivity index (χ0) is 20.6. The number of sulfonamides is 1. The highest BCUT2D eigenvalue weighted by Crippen LogP contribution is 2.27. The maximum absolute atomic E-state index is 13.2. The van der Waals surface area contributed by atoms with E-state index in [4.69, 9.17) is 0 Å². The quantitative estimate of drug-likeness (QED) is 0.527. The molecule has 0 amide bonds. The van der Waals surface area contributed by atoms with Crippen LogP contribution in [0.25, 0.3) is 10.2 Å². The van der Waals surface area contributed by atoms with Crippen LogP contribution in [0.4, 0.5) is 0 Å². The lowest BCUT2D eigenvalue weighted by Gasteiger charge is -2.20. The van der Waals surface area contributed by atoms with Gasteiger partial charge in [-0.1, -0.05) is 71.5 Å². The predicted octanol–water partition coefficient (Wildman–Crippen LogP) is 3.98. The first-order valence-corrected chi connectivity index (χ1v) is 11.4. The van der Waals surface area contributed by atoms with Crippen LogP contribution in [0.3, 0.4) is 0 Å². The Morgan fingerprint density at radius 3 is 2.38 bits per heavy atom. The first kappa shape index (κ1) is 19.6. The van der Waals surface area contributed by atoms with Crippen LogP contribution < -0.4 is 9.60 Å². The average Bonchev–Trinajstić information content (AvgIpc) is 3.00. The summed E-state index contributed by atoms with van der Waals surface area (Å²) in [4.78, 5) is 11.9. The summed E-state index contributed by atoms with van der Waals surface area (Å²) in [5.41, 5.74) is 3.49. The number of benzene rings is 3. The maximum atomic E-state index is 13.2. The number of nitrogens with zero attached hydrogens (tertiary/aromatic N) is 1. The summed E-state index contributed by atoms with van der Waals surface area (Å²) in [5.74, 6) is 0. The van der Waals surface area contributed by atoms with E-state index in [1.807, 2.05) is 61.5 Å². The van der Waals surface area contributed by atoms with Gasteiger partial charge >= 0.3 is 4.87 Å². The molecule has 7 heteroatoms. The zero-order valence-electron chi connectivity index (χ0n) is 16.0. The van der Waals surface area contributed by atoms with Crippen molar-refractivity contribution in [3.63, 3.8) is 0 Å². The van der Waals surface area contributed by atoms with E-state index in [9.17, 15) is 13.2 Å². The minimum absolute atomic E-state index is 0.121. The van der Waals surface area contributed by atoms with Gasteiger partial charge in [0.05, 0.1) is 21.2 Å². The van der Waals surface area contributed by atoms with Gasteiger partial charge in [0.2, 0.25) is 10.0 Å². The minimum atomic E-state index is -3.82. The highest BCUT2D eigenvalue weighted by Gasteiger charge is 2.23. The van der Waals surface area contributed by atoms with E-state index in [-0.39, 0.29) is 9.77 Å². The van der Waals surface area contributed by atoms with Gasteiger partial charge in [0.1, 0.15) is 0 Å². The molecule has 4 aromatic rings. The van der Waals surface area contributed by atoms with E-state index in [0.717, 1.165) is 33.5 Å². The molecule has 0 saturated carbocycles. The molecule has 1 N–H and O–H groups in total. The van der Waals surface area contributed by atoms with E-state index >= 15 is 0 Å². The fourth-order valence-corrected chi connectivity index (χ4v) is 5.56. The SMILES string of the molecule is Cc1cccc(C(NS(=O)(=O)c2ccc3c(c2)sc(=O)n3C)c2ccccc2)c1. The number of fused-ring (bicyclic) bond motifs is 1. The topological polar surface area (TPSA) is 68.2 Å². The van der Waals surface area contributed by atoms with Crippen molar-refractivity contribution in [3.8, 4) is 0 Å². The Hall–Kier alpha value is -2.74. The Labute approximate surface area is 173 Å². The van der Waals surface area contributed by atoms with Crippen molar-refractivity contribution < 1.29 is 8.42 Å². The number of nitrogens with one attached hydrogen (secondary N) is 1. The van der Waals surface area contributed by atoms with Gasteiger partial charge in [-0.3, -0.25) is 4.79 Å². The molecule has 0 radical (unpaired) electrons. The van der Waals surface area contributed by atoms with Crippen molar-refractivity contribution in [2.45, 2.75) is 17.9 Å². The Balaban J connectivity index is 1.77. The number of hydrogen-bond acceptors (Lipinski definition) is 4. The van der Waals surface area contributed by atoms with Crippen molar-refractivity contribution >= 4 is 31.6 Å². The first-order chi connectivity index (χ1) is 13.8. The first-order valence-electron chi connectivity index (χ1n) is 9.08. The maximum Gasteiger partial charge on any atom is 0.307 e. The molecule has 0 aliphatic rings. The molecule has 0 saturated heterocycles. The van der Waals surface area contributed by atoms with Crippen LogP contribution in [0.15, 0.2) is 82.5 Å². The van der Waals surface area contributed by atoms with Crippen molar-refractivity contribution in [1.82, 2.24) is 9.29 Å². The lowest BCUT2D eigenvalue weighted by Crippen LogP contribution is -2.29. The van der Waals surface area contributed by atoms with Gasteiger partial charge in [0.15, 0.2) is 0 Å². The molecule has 1 unspecified atom stereocenters. The van der Waals surface area contributed by atoms with Crippen LogP contribution in [-0.2, 0) is 17.1 Å². The molecule has 3 aromatic carbocycles. The lowest BCUT2D eigenvalue weighted by molar-refractivity contribution is 0.572. The molecule has 0 bridgehead atoms. The average molecular weight is 425 g/mol. The summed E-state index contributed by atoms with van der Waals surface area (Å²) < 4.78 is 31.4. The predicted molar refractivity (Wildman–Crippen MR) is 117 cm³/mol. The van der Waals surface area contributed by atoms with Crippen LogP contribution in [-0.4, -0.2) is 13.0 Å². The molecule has 5 nitrogen and oxygen atoms in total. The molecule has 1 heterocycles. The van der Waals surface area contributed by atoms with Gasteiger partial charge < -0.3 is 4.57 Å². The van der Waals surface area contributed by atoms with Crippen LogP contribution in [0.2, 0.25) is 0 Å². The van der Waals surface area contributed by atoms with Gasteiger partial charge in [-0.15, -0.1) is 0 Å². The molecule has 148 valence electrons. The lowest BCUT2D eigenvalue weighted by atomic mass is 9.98. The molecule has 1 atom stereocenters. The number of aromatic nitrogens is 1. The third-order valence-electron chi connectivity index (χ3n) is 4.86. The molecule has 0 spiro atoms. The second kappa shape index (κ2) is 7.59. The fourth-order valence-electron chi connectivity index (χ4n) is 3.33. The summed E-state index contributed by atoms with van der Waals surface area (Å²) in [6, 6.07) is 21.5. The van der Waals surface area contributed by atoms with Crippen molar-refractivity contribution in [2.24, 2.45) is 7.05 Å². The van der Waals surface area contributed by atoms with Gasteiger partial charge in [0, 0.05) is 7.05 Å². The molecular formula is C22H20N2O3S2. The summed E-state index contributed by atoms with van der Waals surface area (Å²) in [6.07, 6.45) is 0. The molecule has 1 aromatic heterocycles. The number of rotatable bonds is 5. The van der Waals surface area contributed by atoms with Crippen molar-refractivity contribution in [3.05, 3.63) is 99.2 Å². The van der Waals surface area contributed by atoms with Crippen LogP contribution >= 0.6 is 11.3 Å². The third-order valence-corrected chi connectivity index (χ3v) is 7.27. The highest BCUT2D eigenvalue weighted by atomic mass is 32.2. The monoisotopic (exact) mass is 424 g/mol. The summed E-state index contributed by atoms with van der Waals surface area (Å²) in [7, 11) is -2.14. The Morgan fingerprint density at radius 1 is 0.931 bits per heavy atom. The smallest absolute Gasteiger partial charge is 0.302 e. The second-order valence-electron chi connectivity index (χ2n) is 6.94. The Kier molecular flexibility index (Phi) is 5.12. The van der Waals surface area contributed by atoms with Crippen molar-refractivity contribution in [2.75, 3.05) is 0 Å². The van der Waals surface area contributed by atoms with Gasteiger partial charge in [-0.25, -0.2) is 8.42 Å². The van der Waals surface area contributed by atoms with Crippen LogP contribution in [0, 0.1) is 6.92 Å². The van der Waals surface area contributed by atoms with Gasteiger partial charge in [-0.2, -0.15) is 4.72 Å². The van der Waals surface area contributed by atoms with Crippen LogP contribution in [0.1, 0.15) is 22.7 Å². The standard InChI is InChI=1S/C22H20N2O3S2/c1-15-7-6-10-17(13-15)21(16-8-4-3-5-9-16)23-29(26,27)18-11-12-19-20(14-18)28-22(25)24(19)2/h3-14,21,23H,1-2H3. The highest BCUT2D eigenvalue weighted by molar-refractivity contribution is 7.89. The molecule has 0 fully saturated rings. The Bertz CT molecular complexity index is 1340. The summed E-state index contributed by atoms with van der Waals surface area (Å²) in [6.45, 7) is 1.98. The molecule has 0 aliphatic heterocycles. The second-order valence-corrected chi connectivity index (χ2v) is 9.64. The minimum Gasteiger partial charge on any atom is -0.302 e. The third kappa shape index (κ3) is 3.89. The normalized spacial score (nSPS) is 12.9. The molecule has 4 rings (SSSR count). The zero-order valence-corrected chi connectivity index (χ0v) is 17.6. The van der Waals surface area contributed by atoms with E-state index in [1.54, 1.807) is 19.2 Å². The number of aryl methyl sites for hydroxylation is 2. The molecule has 0 aliphatic carbocycles. The largest absolute Gasteiger partial charge is 0.307 e. The fraction of sp³-hybridized carbons (Fsp3) is 0.136. The van der Waals surface area contributed by atoms with Gasteiger partial charge in [-0.05, 0) is 36.2 Å². The van der Waals surface area contributed by atoms with Crippen molar-refractivity contribution in [1.29, 1.82) is 0 Å². The van der Waals surface area contributed by atoms with E-state index in [2.05, 4.69) is 4.72 Å². The summed E-state index contributed by atoms with van der Waals surface area (Å²) in [5, 5.41) is 0. The molecular weight excluding hydrogens is 404 g/mol. The van der Waals surface area contributed by atoms with E-state index in [0.29, 0.717) is 4.70 Å². The Morgan fingerprint density at radius 2 is 1.66 bits per heavy atom. The number of hydrogen-bond donors (Lipinski definition) is 1.